The van der Waals surface area contributed by atoms with Crippen LogP contribution in [0.1, 0.15) is 65.8 Å². The van der Waals surface area contributed by atoms with Gasteiger partial charge in [0.05, 0.1) is 6.54 Å². The van der Waals surface area contributed by atoms with Crippen molar-refractivity contribution in [2.45, 2.75) is 50.6 Å². The van der Waals surface area contributed by atoms with Crippen LogP contribution in [0, 0.1) is 0 Å². The van der Waals surface area contributed by atoms with E-state index in [4.69, 9.17) is 0 Å². The minimum absolute atomic E-state index is 0.0505. The molecule has 2 fully saturated rings. The van der Waals surface area contributed by atoms with Crippen LogP contribution in [0.2, 0.25) is 0 Å². The van der Waals surface area contributed by atoms with Crippen molar-refractivity contribution in [2.24, 2.45) is 0 Å². The molecule has 0 aliphatic heterocycles. The summed E-state index contributed by atoms with van der Waals surface area (Å²) in [6.45, 7) is 0.430. The van der Waals surface area contributed by atoms with Crippen LogP contribution in [0.4, 0.5) is 0 Å². The van der Waals surface area contributed by atoms with Crippen LogP contribution in [0.3, 0.4) is 0 Å². The van der Waals surface area contributed by atoms with Crippen molar-refractivity contribution in [1.82, 2.24) is 20.1 Å². The molecule has 0 atom stereocenters. The number of hydrogen-bond donors (Lipinski definition) is 1. The van der Waals surface area contributed by atoms with Crippen LogP contribution in [-0.4, -0.2) is 20.7 Å². The average Bonchev–Trinajstić information content (AvgIpc) is 3.22. The smallest absolute Gasteiger partial charge is 0.251 e. The molecule has 0 unspecified atom stereocenters. The zero-order valence-electron chi connectivity index (χ0n) is 12.5. The van der Waals surface area contributed by atoms with Gasteiger partial charge in [-0.25, -0.2) is 0 Å². The van der Waals surface area contributed by atoms with Crippen molar-refractivity contribution < 1.29 is 4.79 Å². The molecular formula is C17H20N4O. The van der Waals surface area contributed by atoms with Crippen molar-refractivity contribution in [1.29, 1.82) is 0 Å². The van der Waals surface area contributed by atoms with E-state index in [0.29, 0.717) is 24.1 Å². The summed E-state index contributed by atoms with van der Waals surface area (Å²) in [5.41, 5.74) is 2.07. The molecule has 0 saturated heterocycles. The van der Waals surface area contributed by atoms with Gasteiger partial charge in [-0.2, -0.15) is 0 Å². The Hall–Kier alpha value is -2.17. The molecule has 2 aliphatic carbocycles. The van der Waals surface area contributed by atoms with E-state index in [-0.39, 0.29) is 5.91 Å². The molecule has 1 aromatic carbocycles. The number of benzene rings is 1. The van der Waals surface area contributed by atoms with E-state index in [2.05, 4.69) is 32.2 Å². The van der Waals surface area contributed by atoms with Crippen LogP contribution in [-0.2, 0) is 6.54 Å². The minimum atomic E-state index is -0.0505. The molecule has 114 valence electrons. The summed E-state index contributed by atoms with van der Waals surface area (Å²) in [6.07, 6.45) is 8.01. The van der Waals surface area contributed by atoms with Crippen molar-refractivity contribution in [3.8, 4) is 0 Å². The topological polar surface area (TPSA) is 59.8 Å². The Labute approximate surface area is 129 Å². The standard InChI is InChI=1S/C17H20N4O/c22-17(14-6-4-13(5-7-14)12-2-1-3-12)18-10-16-20-19-11-21(16)15-8-9-15/h4-7,11-12,15H,1-3,8-10H2,(H,18,22). The van der Waals surface area contributed by atoms with E-state index in [9.17, 15) is 4.79 Å². The second-order valence-electron chi connectivity index (χ2n) is 6.32. The van der Waals surface area contributed by atoms with E-state index >= 15 is 0 Å². The number of aromatic nitrogens is 3. The number of carbonyl (C=O) groups excluding carboxylic acids is 1. The molecule has 4 rings (SSSR count). The molecule has 5 heteroatoms. The lowest BCUT2D eigenvalue weighted by Crippen LogP contribution is -2.24. The molecule has 1 heterocycles. The summed E-state index contributed by atoms with van der Waals surface area (Å²) in [6, 6.07) is 8.56. The number of rotatable bonds is 5. The van der Waals surface area contributed by atoms with Gasteiger partial charge in [0.25, 0.3) is 5.91 Å². The first-order chi connectivity index (χ1) is 10.8. The first kappa shape index (κ1) is 13.5. The number of nitrogens with zero attached hydrogens (tertiary/aromatic N) is 3. The van der Waals surface area contributed by atoms with Crippen molar-refractivity contribution in [3.05, 3.63) is 47.5 Å². The van der Waals surface area contributed by atoms with E-state index in [0.717, 1.165) is 5.82 Å². The van der Waals surface area contributed by atoms with Crippen molar-refractivity contribution in [2.75, 3.05) is 0 Å². The molecule has 2 aromatic rings. The molecule has 5 nitrogen and oxygen atoms in total. The van der Waals surface area contributed by atoms with Gasteiger partial charge in [0.1, 0.15) is 6.33 Å². The predicted molar refractivity (Wildman–Crippen MR) is 82.5 cm³/mol. The largest absolute Gasteiger partial charge is 0.345 e. The maximum atomic E-state index is 12.2. The molecule has 22 heavy (non-hydrogen) atoms. The van der Waals surface area contributed by atoms with E-state index in [1.54, 1.807) is 6.33 Å². The molecule has 0 radical (unpaired) electrons. The fourth-order valence-electron chi connectivity index (χ4n) is 2.96. The summed E-state index contributed by atoms with van der Waals surface area (Å²) >= 11 is 0. The van der Waals surface area contributed by atoms with Gasteiger partial charge in [-0.1, -0.05) is 18.6 Å². The monoisotopic (exact) mass is 296 g/mol. The quantitative estimate of drug-likeness (QED) is 0.923. The second-order valence-corrected chi connectivity index (χ2v) is 6.32. The number of carbonyl (C=O) groups is 1. The maximum absolute atomic E-state index is 12.2. The van der Waals surface area contributed by atoms with Crippen molar-refractivity contribution in [3.63, 3.8) is 0 Å². The molecule has 1 amide bonds. The lowest BCUT2D eigenvalue weighted by molar-refractivity contribution is 0.0949. The van der Waals surface area contributed by atoms with E-state index < -0.39 is 0 Å². The Morgan fingerprint density at radius 1 is 1.18 bits per heavy atom. The van der Waals surface area contributed by atoms with Gasteiger partial charge >= 0.3 is 0 Å². The highest BCUT2D eigenvalue weighted by atomic mass is 16.1. The highest BCUT2D eigenvalue weighted by Crippen LogP contribution is 2.36. The van der Waals surface area contributed by atoms with Gasteiger partial charge in [0, 0.05) is 11.6 Å². The van der Waals surface area contributed by atoms with Crippen LogP contribution in [0.5, 0.6) is 0 Å². The van der Waals surface area contributed by atoms with Gasteiger partial charge in [-0.15, -0.1) is 10.2 Å². The Bertz CT molecular complexity index is 668. The maximum Gasteiger partial charge on any atom is 0.251 e. The number of amides is 1. The van der Waals surface area contributed by atoms with Crippen molar-refractivity contribution >= 4 is 5.91 Å². The van der Waals surface area contributed by atoms with Gasteiger partial charge in [-0.05, 0) is 49.3 Å². The average molecular weight is 296 g/mol. The molecule has 1 N–H and O–H groups in total. The summed E-state index contributed by atoms with van der Waals surface area (Å²) in [4.78, 5) is 12.2. The summed E-state index contributed by atoms with van der Waals surface area (Å²) in [5, 5.41) is 11.0. The third kappa shape index (κ3) is 2.63. The SMILES string of the molecule is O=C(NCc1nncn1C1CC1)c1ccc(C2CCC2)cc1. The summed E-state index contributed by atoms with van der Waals surface area (Å²) in [7, 11) is 0. The van der Waals surface area contributed by atoms with Crippen LogP contribution >= 0.6 is 0 Å². The van der Waals surface area contributed by atoms with E-state index in [1.807, 2.05) is 12.1 Å². The number of hydrogen-bond acceptors (Lipinski definition) is 3. The molecule has 2 saturated carbocycles. The Morgan fingerprint density at radius 2 is 1.95 bits per heavy atom. The number of nitrogens with one attached hydrogen (secondary N) is 1. The first-order valence-corrected chi connectivity index (χ1v) is 8.08. The van der Waals surface area contributed by atoms with Gasteiger partial charge in [-0.3, -0.25) is 4.79 Å². The molecule has 1 aromatic heterocycles. The Morgan fingerprint density at radius 3 is 2.59 bits per heavy atom. The van der Waals surface area contributed by atoms with Gasteiger partial charge in [0.15, 0.2) is 5.82 Å². The zero-order chi connectivity index (χ0) is 14.9. The lowest BCUT2D eigenvalue weighted by atomic mass is 9.80. The zero-order valence-corrected chi connectivity index (χ0v) is 12.5. The fraction of sp³-hybridized carbons (Fsp3) is 0.471. The fourth-order valence-corrected chi connectivity index (χ4v) is 2.96. The van der Waals surface area contributed by atoms with Gasteiger partial charge in [0.2, 0.25) is 0 Å². The third-order valence-electron chi connectivity index (χ3n) is 4.74. The normalized spacial score (nSPS) is 18.0. The second kappa shape index (κ2) is 5.55. The Kier molecular flexibility index (Phi) is 3.41. The Balaban J connectivity index is 1.38. The summed E-state index contributed by atoms with van der Waals surface area (Å²) < 4.78 is 2.07. The molecule has 2 aliphatic rings. The first-order valence-electron chi connectivity index (χ1n) is 8.08. The molecule has 0 spiro atoms. The molecule has 0 bridgehead atoms. The van der Waals surface area contributed by atoms with Gasteiger partial charge < -0.3 is 9.88 Å². The minimum Gasteiger partial charge on any atom is -0.345 e. The third-order valence-corrected chi connectivity index (χ3v) is 4.74. The summed E-state index contributed by atoms with van der Waals surface area (Å²) in [5.74, 6) is 1.49. The van der Waals surface area contributed by atoms with Crippen LogP contribution in [0.25, 0.3) is 0 Å². The van der Waals surface area contributed by atoms with Crippen LogP contribution in [0.15, 0.2) is 30.6 Å². The lowest BCUT2D eigenvalue weighted by Gasteiger charge is -2.25. The van der Waals surface area contributed by atoms with E-state index in [1.165, 1.54) is 37.7 Å². The highest BCUT2D eigenvalue weighted by molar-refractivity contribution is 5.94. The van der Waals surface area contributed by atoms with Crippen LogP contribution < -0.4 is 5.32 Å². The molecular weight excluding hydrogens is 276 g/mol. The highest BCUT2D eigenvalue weighted by Gasteiger charge is 2.26. The predicted octanol–water partition coefficient (Wildman–Crippen LogP) is 2.81.